The second-order valence-corrected chi connectivity index (χ2v) is 21.3. The summed E-state index contributed by atoms with van der Waals surface area (Å²) in [5.74, 6) is 2.66. The van der Waals surface area contributed by atoms with Crippen molar-refractivity contribution in [2.24, 2.45) is 0 Å². The first-order chi connectivity index (χ1) is 41.5. The zero-order chi connectivity index (χ0) is 65.8. The Bertz CT molecular complexity index is 3430. The van der Waals surface area contributed by atoms with Crippen LogP contribution in [0.1, 0.15) is 31.1 Å². The minimum Gasteiger partial charge on any atom is 2.00 e. The summed E-state index contributed by atoms with van der Waals surface area (Å²) in [5, 5.41) is 8.44. The van der Waals surface area contributed by atoms with Crippen LogP contribution in [0.4, 0.5) is 67.4 Å². The number of carbonyl (C=O) groups is 3. The zero-order valence-corrected chi connectivity index (χ0v) is 51.0. The molecule has 0 saturated heterocycles. The Hall–Kier alpha value is -9.59. The number of nitrogens with one attached hydrogen (secondary N) is 3. The van der Waals surface area contributed by atoms with E-state index in [9.17, 15) is 64.7 Å². The topological polar surface area (TPSA) is 220 Å². The first kappa shape index (κ1) is 72.9. The van der Waals surface area contributed by atoms with Gasteiger partial charge in [-0.25, -0.2) is 0 Å². The van der Waals surface area contributed by atoms with Crippen molar-refractivity contribution in [2.45, 2.75) is 0 Å². The van der Waals surface area contributed by atoms with E-state index in [2.05, 4.69) is 45.9 Å². The van der Waals surface area contributed by atoms with Crippen LogP contribution in [0.3, 0.4) is 0 Å². The molecule has 0 aliphatic heterocycles. The summed E-state index contributed by atoms with van der Waals surface area (Å²) in [6, 6.07) is 42.8. The van der Waals surface area contributed by atoms with Crippen LogP contribution < -0.4 is 44.4 Å². The van der Waals surface area contributed by atoms with Gasteiger partial charge in [0.15, 0.2) is 34.5 Å². The summed E-state index contributed by atoms with van der Waals surface area (Å²) in [7, 11) is -12.0. The number of anilines is 3. The Morgan fingerprint density at radius 2 is 0.533 bits per heavy atom. The Morgan fingerprint density at radius 3 is 0.711 bits per heavy atom. The van der Waals surface area contributed by atoms with Gasteiger partial charge in [-0.15, -0.1) is 0 Å². The van der Waals surface area contributed by atoms with Crippen molar-refractivity contribution >= 4 is 50.4 Å². The van der Waals surface area contributed by atoms with Crippen LogP contribution >= 0.6 is 15.6 Å². The summed E-state index contributed by atoms with van der Waals surface area (Å²) in [6.07, 6.45) is 9.69. The fraction of sp³-hybridized carbons (Fsp3) is 0.105. The molecule has 0 aliphatic carbocycles. The summed E-state index contributed by atoms with van der Waals surface area (Å²) in [6.45, 7) is 0. The van der Waals surface area contributed by atoms with Crippen molar-refractivity contribution in [3.8, 4) is 68.7 Å². The number of nitrogens with zero attached hydrogens (tertiary/aromatic N) is 6. The van der Waals surface area contributed by atoms with Gasteiger partial charge in [-0.3, -0.25) is 44.3 Å². The summed E-state index contributed by atoms with van der Waals surface area (Å²) in [5.41, 5.74) is 7.59. The molecule has 480 valence electrons. The number of aromatic nitrogens is 6. The van der Waals surface area contributed by atoms with Crippen molar-refractivity contribution in [2.75, 3.05) is 58.6 Å². The number of halogens is 12. The van der Waals surface area contributed by atoms with Crippen molar-refractivity contribution < 1.29 is 113 Å². The fourth-order valence-corrected chi connectivity index (χ4v) is 6.93. The summed E-state index contributed by atoms with van der Waals surface area (Å²) >= 11 is 0. The van der Waals surface area contributed by atoms with Crippen LogP contribution in [0.5, 0.6) is 34.5 Å². The second kappa shape index (κ2) is 29.6. The van der Waals surface area contributed by atoms with Gasteiger partial charge in [0.1, 0.15) is 0 Å². The maximum absolute atomic E-state index is 12.4. The van der Waals surface area contributed by atoms with Gasteiger partial charge in [-0.2, -0.15) is 0 Å². The Kier molecular flexibility index (Phi) is 24.0. The molecule has 3 aromatic carbocycles. The van der Waals surface area contributed by atoms with Crippen LogP contribution in [0, 0.1) is 0 Å². The average molecular weight is 1400 g/mol. The normalized spacial score (nSPS) is 12.1. The molecule has 0 saturated carbocycles. The molecule has 6 aromatic heterocycles. The third-order valence-electron chi connectivity index (χ3n) is 10.8. The minimum absolute atomic E-state index is 0. The standard InChI is InChI=1S/3C19H17N3O3.2F6P.Ru/c3*1-24-17-9-7-14(11-18(17)25-2)22-19(23)13-6-8-16(21-12-13)15-5-3-4-10-20-15;2*1-7(2,3,4,5)6;/h3*3-12H,1-2H3,(H,22,23);;;/q;;;2*-1;+2. The van der Waals surface area contributed by atoms with Gasteiger partial charge in [0.2, 0.25) is 0 Å². The van der Waals surface area contributed by atoms with Crippen molar-refractivity contribution in [3.63, 3.8) is 0 Å². The predicted molar refractivity (Wildman–Crippen MR) is 312 cm³/mol. The molecule has 0 fully saturated rings. The molecule has 0 bridgehead atoms. The molecular weight excluding hydrogens is 1350 g/mol. The molecule has 0 spiro atoms. The fourth-order valence-electron chi connectivity index (χ4n) is 6.93. The number of pyridine rings is 6. The molecule has 18 nitrogen and oxygen atoms in total. The molecule has 3 amide bonds. The molecule has 6 heterocycles. The van der Waals surface area contributed by atoms with Gasteiger partial charge in [0, 0.05) is 72.4 Å². The van der Waals surface area contributed by atoms with E-state index in [1.54, 1.807) is 152 Å². The van der Waals surface area contributed by atoms with E-state index in [1.807, 2.05) is 54.6 Å². The van der Waals surface area contributed by atoms with Crippen molar-refractivity contribution in [3.05, 3.63) is 199 Å². The molecule has 9 rings (SSSR count). The molecule has 33 heteroatoms. The third-order valence-corrected chi connectivity index (χ3v) is 10.8. The van der Waals surface area contributed by atoms with Crippen molar-refractivity contribution in [1.82, 2.24) is 29.9 Å². The molecular formula is C57H51F12N9O9P2Ru. The number of hydrogen-bond acceptors (Lipinski definition) is 15. The Labute approximate surface area is 517 Å². The van der Waals surface area contributed by atoms with Crippen LogP contribution in [-0.4, -0.2) is 90.3 Å². The predicted octanol–water partition coefficient (Wildman–Crippen LogP) is 17.0. The first-order valence-corrected chi connectivity index (χ1v) is 28.9. The Balaban J connectivity index is 0.000000259. The largest absolute Gasteiger partial charge is 2.00 e. The van der Waals surface area contributed by atoms with E-state index >= 15 is 0 Å². The number of benzene rings is 3. The molecule has 3 N–H and O–H groups in total. The molecule has 0 radical (unpaired) electrons. The number of methoxy groups -OCH3 is 6. The van der Waals surface area contributed by atoms with Crippen LogP contribution in [-0.2, 0) is 19.5 Å². The number of ether oxygens (including phenoxy) is 6. The third kappa shape index (κ3) is 27.2. The van der Waals surface area contributed by atoms with E-state index in [4.69, 9.17) is 28.4 Å². The first-order valence-electron chi connectivity index (χ1n) is 24.9. The van der Waals surface area contributed by atoms with Gasteiger partial charge in [0.05, 0.1) is 93.5 Å². The summed E-state index contributed by atoms with van der Waals surface area (Å²) in [4.78, 5) is 62.8. The van der Waals surface area contributed by atoms with E-state index < -0.39 is 15.6 Å². The van der Waals surface area contributed by atoms with Gasteiger partial charge in [-0.1, -0.05) is 18.2 Å². The molecule has 9 aromatic rings. The molecule has 0 unspecified atom stereocenters. The average Bonchev–Trinajstić information content (AvgIpc) is 0.959. The second-order valence-electron chi connectivity index (χ2n) is 17.4. The molecule has 90 heavy (non-hydrogen) atoms. The summed E-state index contributed by atoms with van der Waals surface area (Å²) < 4.78 is 150. The van der Waals surface area contributed by atoms with E-state index in [0.29, 0.717) is 85.3 Å². The van der Waals surface area contributed by atoms with Gasteiger partial charge >= 0.3 is 85.5 Å². The van der Waals surface area contributed by atoms with E-state index in [1.165, 1.54) is 18.6 Å². The van der Waals surface area contributed by atoms with Crippen molar-refractivity contribution in [1.29, 1.82) is 0 Å². The molecule has 0 aliphatic rings. The maximum atomic E-state index is 12.4. The van der Waals surface area contributed by atoms with Crippen LogP contribution in [0.15, 0.2) is 183 Å². The minimum atomic E-state index is -10.7. The van der Waals surface area contributed by atoms with E-state index in [0.717, 1.165) is 17.1 Å². The maximum Gasteiger partial charge on any atom is 2.00 e. The molecule has 0 atom stereocenters. The number of amides is 3. The quantitative estimate of drug-likeness (QED) is 0.0494. The van der Waals surface area contributed by atoms with Crippen LogP contribution in [0.25, 0.3) is 34.2 Å². The van der Waals surface area contributed by atoms with Gasteiger partial charge in [0.25, 0.3) is 17.7 Å². The van der Waals surface area contributed by atoms with Gasteiger partial charge in [-0.05, 0) is 109 Å². The number of hydrogen-bond donors (Lipinski definition) is 3. The monoisotopic (exact) mass is 1400 g/mol. The number of carbonyl (C=O) groups excluding carboxylic acids is 3. The number of rotatable bonds is 15. The van der Waals surface area contributed by atoms with E-state index in [-0.39, 0.29) is 37.2 Å². The SMILES string of the molecule is COc1ccc(NC(=O)c2ccc(-c3ccccn3)nc2)cc1OC.COc1ccc(NC(=O)c2ccc(-c3ccccn3)nc2)cc1OC.COc1ccc(NC(=O)c2ccc(-c3ccccn3)nc2)cc1OC.F[P-](F)(F)(F)(F)F.F[P-](F)(F)(F)(F)F.[Ru+2]. The van der Waals surface area contributed by atoms with Crippen LogP contribution in [0.2, 0.25) is 0 Å². The zero-order valence-electron chi connectivity index (χ0n) is 47.5. The van der Waals surface area contributed by atoms with Gasteiger partial charge < -0.3 is 44.4 Å². The smallest absolute Gasteiger partial charge is 2.00 e. The Morgan fingerprint density at radius 1 is 0.311 bits per heavy atom.